The van der Waals surface area contributed by atoms with Gasteiger partial charge in [0.1, 0.15) is 0 Å². The van der Waals surface area contributed by atoms with E-state index in [4.69, 9.17) is 4.74 Å². The van der Waals surface area contributed by atoms with Gasteiger partial charge >= 0.3 is 12.0 Å². The van der Waals surface area contributed by atoms with Crippen LogP contribution in [0.15, 0.2) is 36.7 Å². The Morgan fingerprint density at radius 3 is 2.47 bits per heavy atom. The highest BCUT2D eigenvalue weighted by atomic mass is 16.5. The molecule has 4 aliphatic rings. The van der Waals surface area contributed by atoms with E-state index in [1.165, 1.54) is 26.4 Å². The van der Waals surface area contributed by atoms with E-state index >= 15 is 0 Å². The largest absolute Gasteiger partial charge is 0.465 e. The summed E-state index contributed by atoms with van der Waals surface area (Å²) >= 11 is 0. The van der Waals surface area contributed by atoms with E-state index in [0.717, 1.165) is 42.6 Å². The van der Waals surface area contributed by atoms with Crippen LogP contribution < -0.4 is 10.6 Å². The van der Waals surface area contributed by atoms with Gasteiger partial charge < -0.3 is 15.4 Å². The van der Waals surface area contributed by atoms with Gasteiger partial charge in [-0.05, 0) is 67.9 Å². The van der Waals surface area contributed by atoms with E-state index in [1.807, 2.05) is 12.1 Å². The van der Waals surface area contributed by atoms with Crippen LogP contribution in [0.2, 0.25) is 0 Å². The number of urea groups is 1. The number of aromatic nitrogens is 2. The summed E-state index contributed by atoms with van der Waals surface area (Å²) in [7, 11) is 1.37. The summed E-state index contributed by atoms with van der Waals surface area (Å²) in [4.78, 5) is 24.7. The molecule has 7 heteroatoms. The molecule has 0 aliphatic heterocycles. The van der Waals surface area contributed by atoms with Gasteiger partial charge in [-0.1, -0.05) is 18.2 Å². The van der Waals surface area contributed by atoms with E-state index in [2.05, 4.69) is 15.7 Å². The first-order chi connectivity index (χ1) is 14.5. The Morgan fingerprint density at radius 1 is 1.13 bits per heavy atom. The standard InChI is InChI=1S/C23H28N4O3/c1-30-21(28)20-5-3-2-4-18(20)13-27-14-19(12-24-27)25-22(29)26-23-9-15-6-16(10-23)8-17(7-15)11-23/h2-5,12,14-17H,6-11,13H2,1H3,(H2,25,26,29). The maximum absolute atomic E-state index is 12.7. The monoisotopic (exact) mass is 408 g/mol. The number of nitrogens with one attached hydrogen (secondary N) is 2. The van der Waals surface area contributed by atoms with Crippen molar-refractivity contribution in [2.45, 2.75) is 50.6 Å². The first-order valence-electron chi connectivity index (χ1n) is 10.8. The molecule has 4 saturated carbocycles. The number of carbonyl (C=O) groups excluding carboxylic acids is 2. The Hall–Kier alpha value is -2.83. The normalized spacial score (nSPS) is 28.9. The highest BCUT2D eigenvalue weighted by Crippen LogP contribution is 2.55. The molecule has 0 spiro atoms. The summed E-state index contributed by atoms with van der Waals surface area (Å²) in [6.45, 7) is 0.420. The van der Waals surface area contributed by atoms with Crippen molar-refractivity contribution in [3.63, 3.8) is 0 Å². The third-order valence-electron chi connectivity index (χ3n) is 7.06. The minimum absolute atomic E-state index is 0.0196. The predicted molar refractivity (Wildman–Crippen MR) is 112 cm³/mol. The molecule has 4 bridgehead atoms. The lowest BCUT2D eigenvalue weighted by Crippen LogP contribution is -2.60. The minimum atomic E-state index is -0.369. The SMILES string of the molecule is COC(=O)c1ccccc1Cn1cc(NC(=O)NC23CC4CC(CC(C4)C2)C3)cn1. The zero-order valence-electron chi connectivity index (χ0n) is 17.3. The number of carbonyl (C=O) groups is 2. The molecule has 0 saturated heterocycles. The van der Waals surface area contributed by atoms with Crippen molar-refractivity contribution in [3.8, 4) is 0 Å². The van der Waals surface area contributed by atoms with Crippen molar-refractivity contribution in [2.24, 2.45) is 17.8 Å². The molecule has 4 aliphatic carbocycles. The summed E-state index contributed by atoms with van der Waals surface area (Å²) in [6, 6.07) is 7.15. The van der Waals surface area contributed by atoms with Gasteiger partial charge in [-0.15, -0.1) is 0 Å². The number of esters is 1. The molecule has 2 amide bonds. The highest BCUT2D eigenvalue weighted by Gasteiger charge is 2.51. The second-order valence-electron chi connectivity index (χ2n) is 9.35. The molecule has 6 rings (SSSR count). The maximum Gasteiger partial charge on any atom is 0.338 e. The van der Waals surface area contributed by atoms with E-state index < -0.39 is 0 Å². The lowest BCUT2D eigenvalue weighted by atomic mass is 9.53. The molecule has 30 heavy (non-hydrogen) atoms. The van der Waals surface area contributed by atoms with Gasteiger partial charge in [-0.2, -0.15) is 5.10 Å². The average molecular weight is 409 g/mol. The number of methoxy groups -OCH3 is 1. The number of nitrogens with zero attached hydrogens (tertiary/aromatic N) is 2. The number of ether oxygens (including phenoxy) is 1. The van der Waals surface area contributed by atoms with Crippen LogP contribution in [0.5, 0.6) is 0 Å². The fourth-order valence-electron chi connectivity index (χ4n) is 6.32. The smallest absolute Gasteiger partial charge is 0.338 e. The van der Waals surface area contributed by atoms with E-state index in [9.17, 15) is 9.59 Å². The van der Waals surface area contributed by atoms with Gasteiger partial charge in [0.25, 0.3) is 0 Å². The number of benzene rings is 1. The van der Waals surface area contributed by atoms with Crippen molar-refractivity contribution in [3.05, 3.63) is 47.8 Å². The number of amides is 2. The lowest BCUT2D eigenvalue weighted by molar-refractivity contribution is -0.0127. The highest BCUT2D eigenvalue weighted by molar-refractivity contribution is 5.91. The molecular weight excluding hydrogens is 380 g/mol. The molecule has 0 atom stereocenters. The fourth-order valence-corrected chi connectivity index (χ4v) is 6.32. The van der Waals surface area contributed by atoms with Crippen LogP contribution in [-0.2, 0) is 11.3 Å². The van der Waals surface area contributed by atoms with Gasteiger partial charge in [0.05, 0.1) is 31.1 Å². The average Bonchev–Trinajstić information content (AvgIpc) is 3.12. The number of hydrogen-bond acceptors (Lipinski definition) is 4. The Morgan fingerprint density at radius 2 is 1.80 bits per heavy atom. The quantitative estimate of drug-likeness (QED) is 0.737. The third kappa shape index (κ3) is 3.68. The first kappa shape index (κ1) is 19.2. The molecule has 2 N–H and O–H groups in total. The Labute approximate surface area is 176 Å². The maximum atomic E-state index is 12.7. The number of rotatable bonds is 5. The second-order valence-corrected chi connectivity index (χ2v) is 9.35. The van der Waals surface area contributed by atoms with Crippen LogP contribution in [-0.4, -0.2) is 34.4 Å². The Kier molecular flexibility index (Phi) is 4.76. The van der Waals surface area contributed by atoms with Gasteiger partial charge in [-0.3, -0.25) is 4.68 Å². The van der Waals surface area contributed by atoms with Crippen LogP contribution in [0.3, 0.4) is 0 Å². The number of hydrogen-bond donors (Lipinski definition) is 2. The molecule has 4 fully saturated rings. The molecule has 2 aromatic rings. The zero-order valence-corrected chi connectivity index (χ0v) is 17.3. The summed E-state index contributed by atoms with van der Waals surface area (Å²) in [5.74, 6) is 1.99. The van der Waals surface area contributed by atoms with Gasteiger partial charge in [-0.25, -0.2) is 9.59 Å². The van der Waals surface area contributed by atoms with Crippen molar-refractivity contribution < 1.29 is 14.3 Å². The van der Waals surface area contributed by atoms with Gasteiger partial charge in [0.15, 0.2) is 0 Å². The third-order valence-corrected chi connectivity index (χ3v) is 7.06. The Balaban J connectivity index is 1.23. The molecule has 0 unspecified atom stereocenters. The van der Waals surface area contributed by atoms with Crippen molar-refractivity contribution >= 4 is 17.7 Å². The molecule has 1 aromatic heterocycles. The van der Waals surface area contributed by atoms with Crippen LogP contribution in [0, 0.1) is 17.8 Å². The first-order valence-corrected chi connectivity index (χ1v) is 10.8. The summed E-state index contributed by atoms with van der Waals surface area (Å²) < 4.78 is 6.56. The van der Waals surface area contributed by atoms with Crippen molar-refractivity contribution in [1.82, 2.24) is 15.1 Å². The number of anilines is 1. The molecule has 1 heterocycles. The van der Waals surface area contributed by atoms with Crippen LogP contribution in [0.1, 0.15) is 54.4 Å². The van der Waals surface area contributed by atoms with Crippen LogP contribution in [0.25, 0.3) is 0 Å². The summed E-state index contributed by atoms with van der Waals surface area (Å²) in [6.07, 6.45) is 10.8. The van der Waals surface area contributed by atoms with Gasteiger partial charge in [0.2, 0.25) is 0 Å². The Bertz CT molecular complexity index is 932. The molecule has 158 valence electrons. The molecular formula is C23H28N4O3. The minimum Gasteiger partial charge on any atom is -0.465 e. The lowest BCUT2D eigenvalue weighted by Gasteiger charge is -2.56. The van der Waals surface area contributed by atoms with E-state index in [-0.39, 0.29) is 17.5 Å². The second kappa shape index (κ2) is 7.45. The molecule has 1 aromatic carbocycles. The van der Waals surface area contributed by atoms with Crippen LogP contribution >= 0.6 is 0 Å². The van der Waals surface area contributed by atoms with Crippen LogP contribution in [0.4, 0.5) is 10.5 Å². The topological polar surface area (TPSA) is 85.2 Å². The molecule has 0 radical (unpaired) electrons. The zero-order chi connectivity index (χ0) is 20.7. The fraction of sp³-hybridized carbons (Fsp3) is 0.522. The summed E-state index contributed by atoms with van der Waals surface area (Å²) in [5, 5.41) is 10.6. The summed E-state index contributed by atoms with van der Waals surface area (Å²) in [5.41, 5.74) is 1.96. The van der Waals surface area contributed by atoms with Crippen molar-refractivity contribution in [2.75, 3.05) is 12.4 Å². The van der Waals surface area contributed by atoms with Crippen molar-refractivity contribution in [1.29, 1.82) is 0 Å². The predicted octanol–water partition coefficient (Wildman–Crippen LogP) is 3.81. The van der Waals surface area contributed by atoms with Gasteiger partial charge in [0, 0.05) is 11.7 Å². The molecule has 7 nitrogen and oxygen atoms in total. The van der Waals surface area contributed by atoms with E-state index in [1.54, 1.807) is 29.2 Å². The van der Waals surface area contributed by atoms with E-state index in [0.29, 0.717) is 17.8 Å².